The van der Waals surface area contributed by atoms with Crippen molar-refractivity contribution in [2.45, 2.75) is 26.2 Å². The van der Waals surface area contributed by atoms with E-state index in [0.717, 1.165) is 25.8 Å². The Hall–Kier alpha value is -0.480. The fourth-order valence-electron chi connectivity index (χ4n) is 0.861. The topological polar surface area (TPSA) is 26.0 Å². The molecule has 0 bridgehead atoms. The summed E-state index contributed by atoms with van der Waals surface area (Å²) in [4.78, 5) is 0. The molecule has 52 valence electrons. The van der Waals surface area contributed by atoms with Gasteiger partial charge in [0.1, 0.15) is 0 Å². The maximum atomic E-state index is 5.34. The summed E-state index contributed by atoms with van der Waals surface area (Å²) in [6, 6.07) is 0. The predicted octanol–water partition coefficient (Wildman–Crippen LogP) is 1.38. The SMILES string of the molecule is C#CC(CCC)CCN. The molecule has 0 rings (SSSR count). The molecule has 1 nitrogen and oxygen atoms in total. The number of hydrogen-bond acceptors (Lipinski definition) is 1. The van der Waals surface area contributed by atoms with Gasteiger partial charge in [0.2, 0.25) is 0 Å². The molecule has 0 radical (unpaired) electrons. The first-order valence-corrected chi connectivity index (χ1v) is 3.51. The molecule has 0 aliphatic carbocycles. The Balaban J connectivity index is 3.32. The van der Waals surface area contributed by atoms with Gasteiger partial charge in [-0.25, -0.2) is 0 Å². The zero-order chi connectivity index (χ0) is 7.11. The van der Waals surface area contributed by atoms with Gasteiger partial charge in [-0.05, 0) is 19.4 Å². The first-order valence-electron chi connectivity index (χ1n) is 3.51. The van der Waals surface area contributed by atoms with Gasteiger partial charge in [-0.2, -0.15) is 0 Å². The van der Waals surface area contributed by atoms with Crippen LogP contribution >= 0.6 is 0 Å². The van der Waals surface area contributed by atoms with Crippen molar-refractivity contribution in [2.75, 3.05) is 6.54 Å². The van der Waals surface area contributed by atoms with Crippen LogP contribution in [0.1, 0.15) is 26.2 Å². The van der Waals surface area contributed by atoms with E-state index in [-0.39, 0.29) is 0 Å². The Morgan fingerprint density at radius 3 is 2.56 bits per heavy atom. The smallest absolute Gasteiger partial charge is 0.0212 e. The molecule has 0 aromatic rings. The second-order valence-corrected chi connectivity index (χ2v) is 2.23. The van der Waals surface area contributed by atoms with Crippen molar-refractivity contribution in [1.29, 1.82) is 0 Å². The molecule has 0 amide bonds. The summed E-state index contributed by atoms with van der Waals surface area (Å²) >= 11 is 0. The zero-order valence-corrected chi connectivity index (χ0v) is 6.06. The molecule has 0 aromatic carbocycles. The third-order valence-electron chi connectivity index (χ3n) is 1.39. The fourth-order valence-corrected chi connectivity index (χ4v) is 0.861. The largest absolute Gasteiger partial charge is 0.330 e. The molecule has 0 aromatic heterocycles. The van der Waals surface area contributed by atoms with Gasteiger partial charge in [0.05, 0.1) is 0 Å². The van der Waals surface area contributed by atoms with Crippen LogP contribution < -0.4 is 5.73 Å². The average molecular weight is 125 g/mol. The first kappa shape index (κ1) is 8.52. The van der Waals surface area contributed by atoms with Crippen LogP contribution in [0.15, 0.2) is 0 Å². The Labute approximate surface area is 57.6 Å². The number of terminal acetylenes is 1. The van der Waals surface area contributed by atoms with E-state index < -0.39 is 0 Å². The summed E-state index contributed by atoms with van der Waals surface area (Å²) in [5.41, 5.74) is 5.34. The highest BCUT2D eigenvalue weighted by molar-refractivity contribution is 4.92. The summed E-state index contributed by atoms with van der Waals surface area (Å²) in [5, 5.41) is 0. The van der Waals surface area contributed by atoms with Crippen LogP contribution in [0.4, 0.5) is 0 Å². The molecule has 0 spiro atoms. The van der Waals surface area contributed by atoms with Gasteiger partial charge in [0, 0.05) is 5.92 Å². The molecule has 0 aliphatic rings. The molecule has 0 saturated heterocycles. The van der Waals surface area contributed by atoms with Gasteiger partial charge < -0.3 is 5.73 Å². The molecule has 2 N–H and O–H groups in total. The second kappa shape index (κ2) is 5.65. The molecule has 0 saturated carbocycles. The van der Waals surface area contributed by atoms with Crippen molar-refractivity contribution in [3.63, 3.8) is 0 Å². The molecule has 0 fully saturated rings. The van der Waals surface area contributed by atoms with Gasteiger partial charge in [0.15, 0.2) is 0 Å². The van der Waals surface area contributed by atoms with Gasteiger partial charge in [-0.15, -0.1) is 12.3 Å². The van der Waals surface area contributed by atoms with E-state index in [4.69, 9.17) is 12.2 Å². The van der Waals surface area contributed by atoms with Crippen molar-refractivity contribution in [2.24, 2.45) is 11.7 Å². The van der Waals surface area contributed by atoms with Crippen LogP contribution in [0.2, 0.25) is 0 Å². The van der Waals surface area contributed by atoms with Crippen molar-refractivity contribution in [3.8, 4) is 12.3 Å². The second-order valence-electron chi connectivity index (χ2n) is 2.23. The number of rotatable bonds is 4. The summed E-state index contributed by atoms with van der Waals surface area (Å²) in [6.45, 7) is 2.86. The third kappa shape index (κ3) is 4.05. The molecular weight excluding hydrogens is 110 g/mol. The normalized spacial score (nSPS) is 12.6. The Kier molecular flexibility index (Phi) is 5.35. The van der Waals surface area contributed by atoms with Crippen molar-refractivity contribution in [1.82, 2.24) is 0 Å². The van der Waals surface area contributed by atoms with E-state index in [1.54, 1.807) is 0 Å². The maximum absolute atomic E-state index is 5.34. The van der Waals surface area contributed by atoms with E-state index >= 15 is 0 Å². The predicted molar refractivity (Wildman–Crippen MR) is 40.9 cm³/mol. The lowest BCUT2D eigenvalue weighted by molar-refractivity contribution is 0.561. The van der Waals surface area contributed by atoms with E-state index in [0.29, 0.717) is 5.92 Å². The minimum Gasteiger partial charge on any atom is -0.330 e. The molecule has 0 aliphatic heterocycles. The number of nitrogens with two attached hydrogens (primary N) is 1. The zero-order valence-electron chi connectivity index (χ0n) is 6.06. The van der Waals surface area contributed by atoms with Gasteiger partial charge in [0.25, 0.3) is 0 Å². The van der Waals surface area contributed by atoms with Gasteiger partial charge in [-0.3, -0.25) is 0 Å². The monoisotopic (exact) mass is 125 g/mol. The van der Waals surface area contributed by atoms with Crippen LogP contribution in [0.25, 0.3) is 0 Å². The van der Waals surface area contributed by atoms with Crippen LogP contribution in [-0.4, -0.2) is 6.54 Å². The van der Waals surface area contributed by atoms with Crippen molar-refractivity contribution in [3.05, 3.63) is 0 Å². The molecule has 9 heavy (non-hydrogen) atoms. The van der Waals surface area contributed by atoms with Crippen LogP contribution in [-0.2, 0) is 0 Å². The maximum Gasteiger partial charge on any atom is 0.0212 e. The first-order chi connectivity index (χ1) is 4.35. The minimum absolute atomic E-state index is 0.417. The lowest BCUT2D eigenvalue weighted by Crippen LogP contribution is -2.06. The Morgan fingerprint density at radius 1 is 1.56 bits per heavy atom. The van der Waals surface area contributed by atoms with Gasteiger partial charge >= 0.3 is 0 Å². The Bertz CT molecular complexity index is 85.2. The number of hydrogen-bond donors (Lipinski definition) is 1. The molecular formula is C8H15N. The summed E-state index contributed by atoms with van der Waals surface area (Å²) in [6.07, 6.45) is 8.50. The lowest BCUT2D eigenvalue weighted by Gasteiger charge is -2.04. The third-order valence-corrected chi connectivity index (χ3v) is 1.39. The minimum atomic E-state index is 0.417. The molecule has 1 atom stereocenters. The van der Waals surface area contributed by atoms with Crippen LogP contribution in [0, 0.1) is 18.3 Å². The van der Waals surface area contributed by atoms with Crippen LogP contribution in [0.3, 0.4) is 0 Å². The molecule has 1 heteroatoms. The molecule has 1 unspecified atom stereocenters. The van der Waals surface area contributed by atoms with E-state index in [2.05, 4.69) is 12.8 Å². The quantitative estimate of drug-likeness (QED) is 0.564. The highest BCUT2D eigenvalue weighted by Crippen LogP contribution is 2.07. The fraction of sp³-hybridized carbons (Fsp3) is 0.750. The molecule has 0 heterocycles. The van der Waals surface area contributed by atoms with Crippen LogP contribution in [0.5, 0.6) is 0 Å². The summed E-state index contributed by atoms with van der Waals surface area (Å²) in [7, 11) is 0. The Morgan fingerprint density at radius 2 is 2.22 bits per heavy atom. The summed E-state index contributed by atoms with van der Waals surface area (Å²) < 4.78 is 0. The highest BCUT2D eigenvalue weighted by Gasteiger charge is 1.99. The van der Waals surface area contributed by atoms with Crippen molar-refractivity contribution >= 4 is 0 Å². The van der Waals surface area contributed by atoms with E-state index in [1.807, 2.05) is 0 Å². The van der Waals surface area contributed by atoms with E-state index in [1.165, 1.54) is 0 Å². The van der Waals surface area contributed by atoms with Crippen molar-refractivity contribution < 1.29 is 0 Å². The van der Waals surface area contributed by atoms with E-state index in [9.17, 15) is 0 Å². The van der Waals surface area contributed by atoms with Gasteiger partial charge in [-0.1, -0.05) is 13.3 Å². The standard InChI is InChI=1S/C8H15N/c1-3-5-8(4-2)6-7-9/h2,8H,3,5-7,9H2,1H3. The summed E-state index contributed by atoms with van der Waals surface area (Å²) in [5.74, 6) is 3.14. The highest BCUT2D eigenvalue weighted by atomic mass is 14.5. The lowest BCUT2D eigenvalue weighted by atomic mass is 10.0. The average Bonchev–Trinajstić information content (AvgIpc) is 1.88.